The molecule has 5 heteroatoms. The third-order valence-electron chi connectivity index (χ3n) is 3.04. The highest BCUT2D eigenvalue weighted by atomic mass is 35.5. The number of hydrogen-bond acceptors (Lipinski definition) is 3. The molecule has 1 unspecified atom stereocenters. The first-order chi connectivity index (χ1) is 9.15. The Morgan fingerprint density at radius 1 is 1.32 bits per heavy atom. The molecule has 0 aliphatic carbocycles. The van der Waals surface area contributed by atoms with E-state index in [9.17, 15) is 0 Å². The molecule has 0 amide bonds. The number of alkyl halides is 1. The van der Waals surface area contributed by atoms with Gasteiger partial charge in [-0.3, -0.25) is 0 Å². The fraction of sp³-hybridized carbons (Fsp3) is 0.286. The summed E-state index contributed by atoms with van der Waals surface area (Å²) >= 11 is 7.95. The van der Waals surface area contributed by atoms with E-state index in [1.165, 1.54) is 5.56 Å². The van der Waals surface area contributed by atoms with Crippen LogP contribution in [0.25, 0.3) is 11.2 Å². The van der Waals surface area contributed by atoms with E-state index >= 15 is 0 Å². The Balaban J connectivity index is 2.18. The quantitative estimate of drug-likeness (QED) is 0.679. The van der Waals surface area contributed by atoms with Crippen LogP contribution in [-0.4, -0.2) is 14.5 Å². The number of aromatic nitrogens is 3. The predicted molar refractivity (Wildman–Crippen MR) is 80.0 cm³/mol. The second kappa shape index (κ2) is 4.94. The van der Waals surface area contributed by atoms with Crippen molar-refractivity contribution in [3.05, 3.63) is 46.0 Å². The number of pyridine rings is 1. The number of imidazole rings is 1. The largest absolute Gasteiger partial charge is 0.307 e. The Morgan fingerprint density at radius 2 is 2.16 bits per heavy atom. The van der Waals surface area contributed by atoms with E-state index in [0.29, 0.717) is 0 Å². The molecule has 0 N–H and O–H groups in total. The van der Waals surface area contributed by atoms with Crippen molar-refractivity contribution < 1.29 is 0 Å². The van der Waals surface area contributed by atoms with Crippen LogP contribution in [0, 0.1) is 6.92 Å². The predicted octanol–water partition coefficient (Wildman–Crippen LogP) is 4.15. The topological polar surface area (TPSA) is 30.7 Å². The number of rotatable bonds is 3. The molecule has 0 bridgehead atoms. The molecule has 98 valence electrons. The van der Waals surface area contributed by atoms with Gasteiger partial charge in [-0.25, -0.2) is 9.97 Å². The Morgan fingerprint density at radius 3 is 2.84 bits per heavy atom. The summed E-state index contributed by atoms with van der Waals surface area (Å²) in [6.45, 7) is 4.70. The molecule has 3 nitrogen and oxygen atoms in total. The number of halogens is 1. The molecule has 0 saturated carbocycles. The third-order valence-corrected chi connectivity index (χ3v) is 3.96. The minimum Gasteiger partial charge on any atom is -0.307 e. The third kappa shape index (κ3) is 2.38. The Kier molecular flexibility index (Phi) is 3.29. The Bertz CT molecular complexity index is 701. The fourth-order valence-corrected chi connectivity index (χ4v) is 2.97. The van der Waals surface area contributed by atoms with E-state index in [2.05, 4.69) is 31.4 Å². The molecule has 19 heavy (non-hydrogen) atoms. The van der Waals surface area contributed by atoms with Crippen molar-refractivity contribution >= 4 is 34.1 Å². The lowest BCUT2D eigenvalue weighted by atomic mass is 10.3. The average molecular weight is 292 g/mol. The molecule has 0 radical (unpaired) electrons. The lowest BCUT2D eigenvalue weighted by Gasteiger charge is -2.09. The van der Waals surface area contributed by atoms with Crippen LogP contribution in [0.5, 0.6) is 0 Å². The van der Waals surface area contributed by atoms with Gasteiger partial charge in [-0.15, -0.1) is 11.6 Å². The molecule has 3 aromatic heterocycles. The van der Waals surface area contributed by atoms with Gasteiger partial charge in [0.25, 0.3) is 0 Å². The van der Waals surface area contributed by atoms with Crippen molar-refractivity contribution in [2.75, 3.05) is 0 Å². The molecule has 0 aromatic carbocycles. The van der Waals surface area contributed by atoms with Crippen LogP contribution in [0.3, 0.4) is 0 Å². The van der Waals surface area contributed by atoms with Crippen LogP contribution in [0.15, 0.2) is 29.0 Å². The van der Waals surface area contributed by atoms with Crippen molar-refractivity contribution in [1.29, 1.82) is 0 Å². The van der Waals surface area contributed by atoms with E-state index in [4.69, 9.17) is 11.6 Å². The highest BCUT2D eigenvalue weighted by molar-refractivity contribution is 7.07. The summed E-state index contributed by atoms with van der Waals surface area (Å²) < 4.78 is 2.11. The zero-order chi connectivity index (χ0) is 13.4. The molecule has 0 aliphatic rings. The molecule has 0 fully saturated rings. The molecule has 0 saturated heterocycles. The summed E-state index contributed by atoms with van der Waals surface area (Å²) in [5, 5.41) is 4.09. The van der Waals surface area contributed by atoms with E-state index < -0.39 is 0 Å². The summed E-state index contributed by atoms with van der Waals surface area (Å²) in [6, 6.07) is 6.10. The zero-order valence-electron chi connectivity index (χ0n) is 10.8. The van der Waals surface area contributed by atoms with Crippen LogP contribution in [0.4, 0.5) is 0 Å². The second-order valence-corrected chi connectivity index (χ2v) is 6.03. The van der Waals surface area contributed by atoms with Gasteiger partial charge in [-0.1, -0.05) is 0 Å². The summed E-state index contributed by atoms with van der Waals surface area (Å²) in [7, 11) is 0. The van der Waals surface area contributed by atoms with Crippen molar-refractivity contribution in [2.45, 2.75) is 25.8 Å². The van der Waals surface area contributed by atoms with Gasteiger partial charge in [-0.05, 0) is 48.4 Å². The smallest absolute Gasteiger partial charge is 0.160 e. The van der Waals surface area contributed by atoms with Crippen LogP contribution in [-0.2, 0) is 6.54 Å². The van der Waals surface area contributed by atoms with Crippen molar-refractivity contribution in [3.63, 3.8) is 0 Å². The maximum atomic E-state index is 6.25. The van der Waals surface area contributed by atoms with Gasteiger partial charge in [0.05, 0.1) is 11.9 Å². The first-order valence-corrected chi connectivity index (χ1v) is 7.52. The maximum absolute atomic E-state index is 6.25. The van der Waals surface area contributed by atoms with Gasteiger partial charge in [0, 0.05) is 5.69 Å². The number of fused-ring (bicyclic) bond motifs is 1. The van der Waals surface area contributed by atoms with E-state index in [1.54, 1.807) is 11.3 Å². The molecule has 3 heterocycles. The first kappa shape index (κ1) is 12.6. The van der Waals surface area contributed by atoms with Crippen molar-refractivity contribution in [3.8, 4) is 0 Å². The number of aryl methyl sites for hydroxylation is 1. The van der Waals surface area contributed by atoms with Crippen molar-refractivity contribution in [1.82, 2.24) is 14.5 Å². The monoisotopic (exact) mass is 291 g/mol. The Hall–Kier alpha value is -1.39. The van der Waals surface area contributed by atoms with Crippen LogP contribution >= 0.6 is 22.9 Å². The van der Waals surface area contributed by atoms with Crippen LogP contribution < -0.4 is 0 Å². The Labute approximate surface area is 120 Å². The number of nitrogens with zero attached hydrogens (tertiary/aromatic N) is 3. The minimum absolute atomic E-state index is 0.131. The standard InChI is InChI=1S/C14H14ClN3S/c1-9-3-4-12-14(16-9)18(13(17-12)10(2)15)7-11-5-6-19-8-11/h3-6,8,10H,7H2,1-2H3. The van der Waals surface area contributed by atoms with Gasteiger partial charge in [-0.2, -0.15) is 11.3 Å². The first-order valence-electron chi connectivity index (χ1n) is 6.14. The number of hydrogen-bond donors (Lipinski definition) is 0. The molecule has 3 aromatic rings. The maximum Gasteiger partial charge on any atom is 0.160 e. The molecule has 0 spiro atoms. The molecule has 3 rings (SSSR count). The normalized spacial score (nSPS) is 13.0. The lowest BCUT2D eigenvalue weighted by Crippen LogP contribution is -2.06. The van der Waals surface area contributed by atoms with Gasteiger partial charge in [0.1, 0.15) is 11.3 Å². The fourth-order valence-electron chi connectivity index (χ4n) is 2.14. The van der Waals surface area contributed by atoms with E-state index in [0.717, 1.165) is 29.2 Å². The minimum atomic E-state index is -0.131. The lowest BCUT2D eigenvalue weighted by molar-refractivity contribution is 0.737. The zero-order valence-corrected chi connectivity index (χ0v) is 12.4. The highest BCUT2D eigenvalue weighted by Gasteiger charge is 2.16. The highest BCUT2D eigenvalue weighted by Crippen LogP contribution is 2.25. The van der Waals surface area contributed by atoms with E-state index in [-0.39, 0.29) is 5.38 Å². The molecular weight excluding hydrogens is 278 g/mol. The van der Waals surface area contributed by atoms with Crippen LogP contribution in [0.2, 0.25) is 0 Å². The summed E-state index contributed by atoms with van der Waals surface area (Å²) in [5.74, 6) is 0.876. The molecular formula is C14H14ClN3S. The van der Waals surface area contributed by atoms with Gasteiger partial charge >= 0.3 is 0 Å². The van der Waals surface area contributed by atoms with Gasteiger partial charge < -0.3 is 4.57 Å². The average Bonchev–Trinajstić information content (AvgIpc) is 2.98. The van der Waals surface area contributed by atoms with Gasteiger partial charge in [0.15, 0.2) is 5.65 Å². The number of thiophene rings is 1. The van der Waals surface area contributed by atoms with Crippen LogP contribution in [0.1, 0.15) is 29.4 Å². The second-order valence-electron chi connectivity index (χ2n) is 4.60. The van der Waals surface area contributed by atoms with E-state index in [1.807, 2.05) is 26.0 Å². The molecule has 1 atom stereocenters. The SMILES string of the molecule is Cc1ccc2nc(C(C)Cl)n(Cc3ccsc3)c2n1. The molecule has 0 aliphatic heterocycles. The summed E-state index contributed by atoms with van der Waals surface area (Å²) in [4.78, 5) is 9.21. The van der Waals surface area contributed by atoms with Crippen molar-refractivity contribution in [2.24, 2.45) is 0 Å². The summed E-state index contributed by atoms with van der Waals surface area (Å²) in [5.41, 5.74) is 4.07. The van der Waals surface area contributed by atoms with Gasteiger partial charge in [0.2, 0.25) is 0 Å². The summed E-state index contributed by atoms with van der Waals surface area (Å²) in [6.07, 6.45) is 0.